The molecule has 0 aliphatic rings. The molecular weight excluding hydrogens is 544 g/mol. The van der Waals surface area contributed by atoms with Crippen molar-refractivity contribution in [1.29, 1.82) is 0 Å². The molecule has 0 atom stereocenters. The minimum Gasteiger partial charge on any atom is -0.231 e. The highest BCUT2D eigenvalue weighted by Crippen LogP contribution is 2.45. The molecular formula is C43H28N2. The average molecular weight is 573 g/mol. The Kier molecular flexibility index (Phi) is 5.85. The van der Waals surface area contributed by atoms with Gasteiger partial charge in [-0.05, 0) is 61.8 Å². The molecule has 0 unspecified atom stereocenters. The topological polar surface area (TPSA) is 17.3 Å². The van der Waals surface area contributed by atoms with Crippen LogP contribution >= 0.6 is 0 Å². The van der Waals surface area contributed by atoms with Crippen molar-refractivity contribution in [1.82, 2.24) is 9.61 Å². The molecule has 0 saturated carbocycles. The molecule has 0 N–H and O–H groups in total. The smallest absolute Gasteiger partial charge is 0.102 e. The Morgan fingerprint density at radius 2 is 0.889 bits per heavy atom. The van der Waals surface area contributed by atoms with E-state index in [1.807, 2.05) is 0 Å². The molecule has 2 heterocycles. The summed E-state index contributed by atoms with van der Waals surface area (Å²) in [7, 11) is 0. The van der Waals surface area contributed by atoms with E-state index in [4.69, 9.17) is 5.10 Å². The van der Waals surface area contributed by atoms with Crippen LogP contribution in [0.5, 0.6) is 0 Å². The molecule has 0 spiro atoms. The molecule has 0 amide bonds. The number of nitrogens with zero attached hydrogens (tertiary/aromatic N) is 2. The van der Waals surface area contributed by atoms with Gasteiger partial charge in [0, 0.05) is 22.1 Å². The summed E-state index contributed by atoms with van der Waals surface area (Å²) in [6, 6.07) is 60.9. The summed E-state index contributed by atoms with van der Waals surface area (Å²) in [6.45, 7) is 0. The molecule has 9 aromatic rings. The number of hydrogen-bond donors (Lipinski definition) is 0. The zero-order chi connectivity index (χ0) is 29.7. The molecule has 2 nitrogen and oxygen atoms in total. The minimum absolute atomic E-state index is 0.990. The highest BCUT2D eigenvalue weighted by atomic mass is 15.2. The number of rotatable bonds is 4. The third-order valence-electron chi connectivity index (χ3n) is 8.96. The molecule has 2 aromatic heterocycles. The van der Waals surface area contributed by atoms with Gasteiger partial charge in [0.2, 0.25) is 0 Å². The standard InChI is InChI=1S/C43H28N2/c1-4-14-29(15-5-1)32-24-25-35-28-39(30-16-6-2-7-17-30)45-43(38(35)27-32)40(31-18-8-3-9-19-31)42(44-45)41-36-22-12-10-20-33(36)26-34-21-11-13-23-37(34)41/h1-28H. The first-order valence-corrected chi connectivity index (χ1v) is 15.4. The number of aromatic nitrogens is 2. The fourth-order valence-corrected chi connectivity index (χ4v) is 6.88. The van der Waals surface area contributed by atoms with E-state index >= 15 is 0 Å². The van der Waals surface area contributed by atoms with Crippen molar-refractivity contribution in [3.05, 3.63) is 170 Å². The Bertz CT molecular complexity index is 2460. The largest absolute Gasteiger partial charge is 0.231 e. The first kappa shape index (κ1) is 25.5. The molecule has 0 aliphatic heterocycles. The quantitative estimate of drug-likeness (QED) is 0.192. The zero-order valence-electron chi connectivity index (χ0n) is 24.6. The van der Waals surface area contributed by atoms with Crippen molar-refractivity contribution in [2.45, 2.75) is 0 Å². The Morgan fingerprint density at radius 3 is 1.53 bits per heavy atom. The van der Waals surface area contributed by atoms with Gasteiger partial charge in [-0.25, -0.2) is 4.52 Å². The van der Waals surface area contributed by atoms with Gasteiger partial charge in [-0.3, -0.25) is 0 Å². The first-order chi connectivity index (χ1) is 22.3. The van der Waals surface area contributed by atoms with E-state index in [1.54, 1.807) is 0 Å². The summed E-state index contributed by atoms with van der Waals surface area (Å²) in [6.07, 6.45) is 0. The molecule has 2 heteroatoms. The van der Waals surface area contributed by atoms with Gasteiger partial charge in [0.1, 0.15) is 5.69 Å². The van der Waals surface area contributed by atoms with Crippen molar-refractivity contribution in [2.75, 3.05) is 0 Å². The third-order valence-corrected chi connectivity index (χ3v) is 8.96. The maximum atomic E-state index is 5.61. The van der Waals surface area contributed by atoms with Gasteiger partial charge >= 0.3 is 0 Å². The molecule has 210 valence electrons. The maximum Gasteiger partial charge on any atom is 0.102 e. The Hall–Kier alpha value is -5.99. The molecule has 0 fully saturated rings. The van der Waals surface area contributed by atoms with E-state index in [0.717, 1.165) is 39.2 Å². The lowest BCUT2D eigenvalue weighted by Gasteiger charge is -2.13. The molecule has 0 bridgehead atoms. The zero-order valence-corrected chi connectivity index (χ0v) is 24.6. The second-order valence-electron chi connectivity index (χ2n) is 11.6. The predicted octanol–water partition coefficient (Wildman–Crippen LogP) is 11.5. The number of pyridine rings is 1. The van der Waals surface area contributed by atoms with Crippen LogP contribution in [0.1, 0.15) is 0 Å². The van der Waals surface area contributed by atoms with Crippen molar-refractivity contribution < 1.29 is 0 Å². The SMILES string of the molecule is c1ccc(-c2ccc3cc(-c4ccccc4)n4nc(-c5c6ccccc6cc6ccccc56)c(-c5ccccc5)c4c3c2)cc1. The lowest BCUT2D eigenvalue weighted by molar-refractivity contribution is 0.981. The number of hydrogen-bond acceptors (Lipinski definition) is 1. The van der Waals surface area contributed by atoms with Gasteiger partial charge < -0.3 is 0 Å². The fraction of sp³-hybridized carbons (Fsp3) is 0. The summed E-state index contributed by atoms with van der Waals surface area (Å²) in [4.78, 5) is 0. The van der Waals surface area contributed by atoms with Crippen LogP contribution in [0.25, 0.3) is 82.6 Å². The van der Waals surface area contributed by atoms with Gasteiger partial charge in [-0.15, -0.1) is 0 Å². The van der Waals surface area contributed by atoms with Gasteiger partial charge in [0.15, 0.2) is 0 Å². The molecule has 0 saturated heterocycles. The highest BCUT2D eigenvalue weighted by Gasteiger charge is 2.24. The van der Waals surface area contributed by atoms with Crippen LogP contribution in [-0.2, 0) is 0 Å². The van der Waals surface area contributed by atoms with E-state index in [-0.39, 0.29) is 0 Å². The fourth-order valence-electron chi connectivity index (χ4n) is 6.88. The van der Waals surface area contributed by atoms with E-state index in [0.29, 0.717) is 0 Å². The van der Waals surface area contributed by atoms with E-state index in [9.17, 15) is 0 Å². The molecule has 45 heavy (non-hydrogen) atoms. The number of fused-ring (bicyclic) bond motifs is 5. The van der Waals surface area contributed by atoms with Crippen LogP contribution in [0.15, 0.2) is 170 Å². The van der Waals surface area contributed by atoms with E-state index in [2.05, 4.69) is 174 Å². The summed E-state index contributed by atoms with van der Waals surface area (Å²) in [5.41, 5.74) is 10.2. The lowest BCUT2D eigenvalue weighted by atomic mass is 9.90. The number of benzene rings is 7. The van der Waals surface area contributed by atoms with Crippen molar-refractivity contribution in [3.8, 4) is 44.8 Å². The van der Waals surface area contributed by atoms with Crippen LogP contribution < -0.4 is 0 Å². The van der Waals surface area contributed by atoms with Gasteiger partial charge in [-0.1, -0.05) is 152 Å². The normalized spacial score (nSPS) is 11.6. The Labute approximate surface area is 261 Å². The molecule has 9 rings (SSSR count). The molecule has 7 aromatic carbocycles. The first-order valence-electron chi connectivity index (χ1n) is 15.4. The third kappa shape index (κ3) is 4.15. The van der Waals surface area contributed by atoms with Crippen molar-refractivity contribution in [3.63, 3.8) is 0 Å². The predicted molar refractivity (Wildman–Crippen MR) is 189 cm³/mol. The monoisotopic (exact) mass is 572 g/mol. The van der Waals surface area contributed by atoms with E-state index < -0.39 is 0 Å². The van der Waals surface area contributed by atoms with Gasteiger partial charge in [0.05, 0.1) is 11.2 Å². The van der Waals surface area contributed by atoms with Crippen LogP contribution in [0.4, 0.5) is 0 Å². The summed E-state index contributed by atoms with van der Waals surface area (Å²) in [5, 5.41) is 12.8. The van der Waals surface area contributed by atoms with Crippen molar-refractivity contribution >= 4 is 37.8 Å². The van der Waals surface area contributed by atoms with Crippen LogP contribution in [0.2, 0.25) is 0 Å². The summed E-state index contributed by atoms with van der Waals surface area (Å²) < 4.78 is 2.20. The maximum absolute atomic E-state index is 5.61. The average Bonchev–Trinajstić information content (AvgIpc) is 3.51. The van der Waals surface area contributed by atoms with Crippen LogP contribution in [0, 0.1) is 0 Å². The van der Waals surface area contributed by atoms with Gasteiger partial charge in [-0.2, -0.15) is 5.10 Å². The van der Waals surface area contributed by atoms with Crippen LogP contribution in [0.3, 0.4) is 0 Å². The Balaban J connectivity index is 1.51. The summed E-state index contributed by atoms with van der Waals surface area (Å²) >= 11 is 0. The Morgan fingerprint density at radius 1 is 0.356 bits per heavy atom. The van der Waals surface area contributed by atoms with Gasteiger partial charge in [0.25, 0.3) is 0 Å². The second kappa shape index (κ2) is 10.3. The second-order valence-corrected chi connectivity index (χ2v) is 11.6. The minimum atomic E-state index is 0.990. The lowest BCUT2D eigenvalue weighted by Crippen LogP contribution is -1.96. The summed E-state index contributed by atoms with van der Waals surface area (Å²) in [5.74, 6) is 0. The highest BCUT2D eigenvalue weighted by molar-refractivity contribution is 6.17. The van der Waals surface area contributed by atoms with Crippen LogP contribution in [-0.4, -0.2) is 9.61 Å². The van der Waals surface area contributed by atoms with Crippen molar-refractivity contribution in [2.24, 2.45) is 0 Å². The molecule has 0 aliphatic carbocycles. The van der Waals surface area contributed by atoms with E-state index in [1.165, 1.54) is 43.4 Å². The molecule has 0 radical (unpaired) electrons.